The van der Waals surface area contributed by atoms with Crippen molar-refractivity contribution < 1.29 is 9.90 Å². The van der Waals surface area contributed by atoms with Gasteiger partial charge in [-0.1, -0.05) is 37.3 Å². The van der Waals surface area contributed by atoms with E-state index in [1.54, 1.807) is 11.1 Å². The van der Waals surface area contributed by atoms with E-state index in [0.717, 1.165) is 17.8 Å². The fraction of sp³-hybridized carbons (Fsp3) is 0.375. The molecule has 0 saturated carbocycles. The van der Waals surface area contributed by atoms with Crippen LogP contribution in [0.15, 0.2) is 36.5 Å². The smallest absolute Gasteiger partial charge is 0.265 e. The number of carbonyl (C=O) groups is 1. The van der Waals surface area contributed by atoms with E-state index in [1.807, 2.05) is 37.3 Å². The van der Waals surface area contributed by atoms with Gasteiger partial charge in [0, 0.05) is 13.1 Å². The highest BCUT2D eigenvalue weighted by molar-refractivity contribution is 7.13. The van der Waals surface area contributed by atoms with Gasteiger partial charge in [0.25, 0.3) is 5.91 Å². The van der Waals surface area contributed by atoms with Crippen molar-refractivity contribution in [1.82, 2.24) is 9.88 Å². The number of thiazole rings is 1. The standard InChI is InChI=1S/C16H20N2O2S/c1-2-15-17-12-14(21-15)16(20)18(10-11-19)9-8-13-6-4-3-5-7-13/h3-7,12,19H,2,8-11H2,1H3. The molecule has 1 heterocycles. The molecule has 0 fully saturated rings. The van der Waals surface area contributed by atoms with Crippen molar-refractivity contribution >= 4 is 17.2 Å². The van der Waals surface area contributed by atoms with Gasteiger partial charge in [0.2, 0.25) is 0 Å². The molecule has 21 heavy (non-hydrogen) atoms. The molecule has 5 heteroatoms. The molecule has 2 rings (SSSR count). The minimum absolute atomic E-state index is 0.0278. The molecule has 1 N–H and O–H groups in total. The van der Waals surface area contributed by atoms with E-state index in [-0.39, 0.29) is 12.5 Å². The largest absolute Gasteiger partial charge is 0.395 e. The van der Waals surface area contributed by atoms with Crippen LogP contribution in [0, 0.1) is 0 Å². The van der Waals surface area contributed by atoms with Crippen molar-refractivity contribution in [1.29, 1.82) is 0 Å². The van der Waals surface area contributed by atoms with Crippen molar-refractivity contribution in [2.45, 2.75) is 19.8 Å². The molecule has 1 aromatic heterocycles. The molecule has 0 saturated heterocycles. The van der Waals surface area contributed by atoms with Gasteiger partial charge in [0.05, 0.1) is 17.8 Å². The van der Waals surface area contributed by atoms with E-state index in [2.05, 4.69) is 4.98 Å². The number of aliphatic hydroxyl groups is 1. The Bertz CT molecular complexity index is 569. The average molecular weight is 304 g/mol. The Kier molecular flexibility index (Phi) is 5.90. The molecular formula is C16H20N2O2S. The first kappa shape index (κ1) is 15.7. The molecule has 0 aliphatic rings. The van der Waals surface area contributed by atoms with E-state index in [1.165, 1.54) is 16.9 Å². The minimum Gasteiger partial charge on any atom is -0.395 e. The van der Waals surface area contributed by atoms with Crippen molar-refractivity contribution in [3.05, 3.63) is 52.0 Å². The number of rotatable bonds is 7. The van der Waals surface area contributed by atoms with E-state index in [9.17, 15) is 9.90 Å². The van der Waals surface area contributed by atoms with Crippen LogP contribution in [0.1, 0.15) is 27.2 Å². The average Bonchev–Trinajstić information content (AvgIpc) is 3.01. The third-order valence-corrected chi connectivity index (χ3v) is 4.37. The first-order chi connectivity index (χ1) is 10.2. The van der Waals surface area contributed by atoms with Crippen LogP contribution in [0.5, 0.6) is 0 Å². The number of aryl methyl sites for hydroxylation is 1. The fourth-order valence-corrected chi connectivity index (χ4v) is 2.90. The van der Waals surface area contributed by atoms with Crippen LogP contribution in [-0.2, 0) is 12.8 Å². The lowest BCUT2D eigenvalue weighted by Crippen LogP contribution is -2.34. The summed E-state index contributed by atoms with van der Waals surface area (Å²) in [4.78, 5) is 19.0. The number of nitrogens with zero attached hydrogens (tertiary/aromatic N) is 2. The summed E-state index contributed by atoms with van der Waals surface area (Å²) in [7, 11) is 0. The summed E-state index contributed by atoms with van der Waals surface area (Å²) in [5.41, 5.74) is 1.19. The molecule has 0 radical (unpaired) electrons. The van der Waals surface area contributed by atoms with Crippen molar-refractivity contribution in [3.63, 3.8) is 0 Å². The second kappa shape index (κ2) is 7.90. The zero-order chi connectivity index (χ0) is 15.1. The number of hydrogen-bond acceptors (Lipinski definition) is 4. The molecule has 4 nitrogen and oxygen atoms in total. The molecule has 0 bridgehead atoms. The van der Waals surface area contributed by atoms with Gasteiger partial charge in [-0.25, -0.2) is 4.98 Å². The molecule has 0 spiro atoms. The summed E-state index contributed by atoms with van der Waals surface area (Å²) in [6.45, 7) is 2.95. The maximum absolute atomic E-state index is 12.5. The Balaban J connectivity index is 2.02. The molecule has 0 atom stereocenters. The molecule has 2 aromatic rings. The Labute approximate surface area is 129 Å². The first-order valence-corrected chi connectivity index (χ1v) is 7.95. The minimum atomic E-state index is -0.0443. The number of amides is 1. The summed E-state index contributed by atoms with van der Waals surface area (Å²) >= 11 is 1.43. The number of carbonyl (C=O) groups excluding carboxylic acids is 1. The van der Waals surface area contributed by atoms with Crippen LogP contribution in [0.2, 0.25) is 0 Å². The van der Waals surface area contributed by atoms with Crippen molar-refractivity contribution in [2.24, 2.45) is 0 Å². The highest BCUT2D eigenvalue weighted by Crippen LogP contribution is 2.16. The van der Waals surface area contributed by atoms with Crippen LogP contribution in [0.4, 0.5) is 0 Å². The van der Waals surface area contributed by atoms with Crippen LogP contribution >= 0.6 is 11.3 Å². The highest BCUT2D eigenvalue weighted by atomic mass is 32.1. The number of aliphatic hydroxyl groups excluding tert-OH is 1. The second-order valence-corrected chi connectivity index (χ2v) is 5.84. The SMILES string of the molecule is CCc1ncc(C(=O)N(CCO)CCc2ccccc2)s1. The molecule has 0 aliphatic heterocycles. The Hall–Kier alpha value is -1.72. The Morgan fingerprint density at radius 1 is 1.29 bits per heavy atom. The quantitative estimate of drug-likeness (QED) is 0.854. The maximum Gasteiger partial charge on any atom is 0.265 e. The molecule has 112 valence electrons. The third kappa shape index (κ3) is 4.37. The summed E-state index contributed by atoms with van der Waals surface area (Å²) in [5, 5.41) is 10.1. The van der Waals surface area contributed by atoms with Gasteiger partial charge < -0.3 is 10.0 Å². The van der Waals surface area contributed by atoms with Gasteiger partial charge in [-0.3, -0.25) is 4.79 Å². The molecule has 1 amide bonds. The van der Waals surface area contributed by atoms with E-state index < -0.39 is 0 Å². The zero-order valence-electron chi connectivity index (χ0n) is 12.2. The predicted molar refractivity (Wildman–Crippen MR) is 84.6 cm³/mol. The van der Waals surface area contributed by atoms with Gasteiger partial charge in [-0.2, -0.15) is 0 Å². The molecule has 0 aliphatic carbocycles. The van der Waals surface area contributed by atoms with Crippen LogP contribution in [0.25, 0.3) is 0 Å². The lowest BCUT2D eigenvalue weighted by molar-refractivity contribution is 0.0728. The fourth-order valence-electron chi connectivity index (χ4n) is 2.07. The summed E-state index contributed by atoms with van der Waals surface area (Å²) in [5.74, 6) is -0.0443. The van der Waals surface area contributed by atoms with Crippen LogP contribution in [-0.4, -0.2) is 40.6 Å². The predicted octanol–water partition coefficient (Wildman–Crippen LogP) is 2.38. The van der Waals surface area contributed by atoms with E-state index >= 15 is 0 Å². The molecule has 0 unspecified atom stereocenters. The monoisotopic (exact) mass is 304 g/mol. The van der Waals surface area contributed by atoms with Gasteiger partial charge in [-0.15, -0.1) is 11.3 Å². The normalized spacial score (nSPS) is 10.6. The van der Waals surface area contributed by atoms with Crippen molar-refractivity contribution in [2.75, 3.05) is 19.7 Å². The van der Waals surface area contributed by atoms with Crippen molar-refractivity contribution in [3.8, 4) is 0 Å². The number of benzene rings is 1. The zero-order valence-corrected chi connectivity index (χ0v) is 13.0. The summed E-state index contributed by atoms with van der Waals surface area (Å²) < 4.78 is 0. The van der Waals surface area contributed by atoms with Gasteiger partial charge in [0.15, 0.2) is 0 Å². The lowest BCUT2D eigenvalue weighted by atomic mass is 10.1. The number of aromatic nitrogens is 1. The second-order valence-electron chi connectivity index (χ2n) is 4.72. The van der Waals surface area contributed by atoms with Crippen LogP contribution < -0.4 is 0 Å². The Morgan fingerprint density at radius 3 is 2.67 bits per heavy atom. The first-order valence-electron chi connectivity index (χ1n) is 7.13. The Morgan fingerprint density at radius 2 is 2.05 bits per heavy atom. The van der Waals surface area contributed by atoms with E-state index in [4.69, 9.17) is 0 Å². The highest BCUT2D eigenvalue weighted by Gasteiger charge is 2.17. The third-order valence-electron chi connectivity index (χ3n) is 3.24. The van der Waals surface area contributed by atoms with Gasteiger partial charge in [-0.05, 0) is 18.4 Å². The topological polar surface area (TPSA) is 53.4 Å². The van der Waals surface area contributed by atoms with Gasteiger partial charge >= 0.3 is 0 Å². The van der Waals surface area contributed by atoms with Gasteiger partial charge in [0.1, 0.15) is 4.88 Å². The maximum atomic E-state index is 12.5. The summed E-state index contributed by atoms with van der Waals surface area (Å²) in [6, 6.07) is 10.0. The molecule has 1 aromatic carbocycles. The number of hydrogen-bond donors (Lipinski definition) is 1. The summed E-state index contributed by atoms with van der Waals surface area (Å²) in [6.07, 6.45) is 3.26. The lowest BCUT2D eigenvalue weighted by Gasteiger charge is -2.20. The van der Waals surface area contributed by atoms with Crippen LogP contribution in [0.3, 0.4) is 0 Å². The van der Waals surface area contributed by atoms with E-state index in [0.29, 0.717) is 18.0 Å². The molecular weight excluding hydrogens is 284 g/mol.